The second-order valence-electron chi connectivity index (χ2n) is 16.7. The molecule has 49 heavy (non-hydrogen) atoms. The second kappa shape index (κ2) is 13.2. The first kappa shape index (κ1) is 34.4. The summed E-state index contributed by atoms with van der Waals surface area (Å²) >= 11 is -0.698. The first-order valence-corrected chi connectivity index (χ1v) is 26.8. The third-order valence-corrected chi connectivity index (χ3v) is 19.0. The van der Waals surface area contributed by atoms with Crippen LogP contribution in [-0.4, -0.2) is 5.92 Å². The third kappa shape index (κ3) is 6.50. The van der Waals surface area contributed by atoms with Crippen molar-refractivity contribution in [3.63, 3.8) is 0 Å². The Hall–Kier alpha value is -3.06. The Kier molecular flexibility index (Phi) is 9.30. The molecule has 5 aromatic rings. The molecule has 5 aromatic carbocycles. The van der Waals surface area contributed by atoms with Crippen molar-refractivity contribution in [1.29, 1.82) is 0 Å². The molecule has 0 heterocycles. The van der Waals surface area contributed by atoms with Crippen LogP contribution in [0, 0.1) is 0 Å². The molecule has 0 aromatic heterocycles. The molecule has 0 amide bonds. The molecule has 0 bridgehead atoms. The van der Waals surface area contributed by atoms with Gasteiger partial charge >= 0.3 is 280 Å². The van der Waals surface area contributed by atoms with E-state index in [1.807, 2.05) is 0 Å². The molecular weight excluding hydrogens is 684 g/mol. The fraction of sp³-hybridized carbons (Fsp3) is 0.319. The van der Waals surface area contributed by atoms with Crippen LogP contribution in [0.2, 0.25) is 13.1 Å². The number of rotatable bonds is 7. The van der Waals surface area contributed by atoms with Crippen molar-refractivity contribution in [2.45, 2.75) is 97.6 Å². The Morgan fingerprint density at radius 2 is 1.39 bits per heavy atom. The summed E-state index contributed by atoms with van der Waals surface area (Å²) in [5.41, 5.74) is 21.0. The summed E-state index contributed by atoms with van der Waals surface area (Å²) in [4.78, 5) is 0. The van der Waals surface area contributed by atoms with Crippen molar-refractivity contribution in [1.82, 2.24) is 0 Å². The molecule has 0 radical (unpaired) electrons. The fourth-order valence-electron chi connectivity index (χ4n) is 8.42. The monoisotopic (exact) mass is 734 g/mol. The van der Waals surface area contributed by atoms with Gasteiger partial charge in [0.05, 0.1) is 0 Å². The van der Waals surface area contributed by atoms with Gasteiger partial charge in [-0.25, -0.2) is 0 Å². The van der Waals surface area contributed by atoms with E-state index < -0.39 is 28.3 Å². The van der Waals surface area contributed by atoms with E-state index in [4.69, 9.17) is 0 Å². The van der Waals surface area contributed by atoms with Gasteiger partial charge in [-0.05, 0) is 0 Å². The van der Waals surface area contributed by atoms with Crippen LogP contribution < -0.4 is 3.27 Å². The molecule has 7 rings (SSSR count). The second-order valence-corrected chi connectivity index (χ2v) is 31.3. The van der Waals surface area contributed by atoms with Gasteiger partial charge in [0.2, 0.25) is 0 Å². The van der Waals surface area contributed by atoms with Gasteiger partial charge in [0.1, 0.15) is 0 Å². The zero-order chi connectivity index (χ0) is 34.7. The molecule has 0 fully saturated rings. The van der Waals surface area contributed by atoms with Gasteiger partial charge < -0.3 is 0 Å². The molecule has 2 aliphatic carbocycles. The van der Waals surface area contributed by atoms with Crippen LogP contribution >= 0.6 is 0 Å². The third-order valence-electron chi connectivity index (χ3n) is 10.6. The molecule has 2 aliphatic rings. The number of benzene rings is 5. The molecule has 0 aliphatic heterocycles. The van der Waals surface area contributed by atoms with Gasteiger partial charge in [-0.1, -0.05) is 30.3 Å². The minimum atomic E-state index is -0.713. The van der Waals surface area contributed by atoms with Crippen molar-refractivity contribution >= 4 is 15.3 Å². The normalized spacial score (nSPS) is 15.2. The molecule has 0 spiro atoms. The molecular formula is C47H52SiZr. The average Bonchev–Trinajstić information content (AvgIpc) is 3.61. The number of hydrogen-bond donors (Lipinski definition) is 0. The first-order chi connectivity index (χ1) is 23.3. The Morgan fingerprint density at radius 3 is 2.04 bits per heavy atom. The van der Waals surface area contributed by atoms with Gasteiger partial charge in [-0.2, -0.15) is 0 Å². The zero-order valence-corrected chi connectivity index (χ0v) is 34.7. The molecule has 0 nitrogen and oxygen atoms in total. The number of fused-ring (bicyclic) bond motifs is 4. The van der Waals surface area contributed by atoms with Crippen LogP contribution in [0.15, 0.2) is 103 Å². The van der Waals surface area contributed by atoms with Crippen LogP contribution in [-0.2, 0) is 39.6 Å². The van der Waals surface area contributed by atoms with Crippen molar-refractivity contribution in [3.8, 4) is 33.4 Å². The van der Waals surface area contributed by atoms with E-state index in [2.05, 4.69) is 165 Å². The van der Waals surface area contributed by atoms with Crippen LogP contribution in [0.4, 0.5) is 0 Å². The Bertz CT molecular complexity index is 2050. The predicted molar refractivity (Wildman–Crippen MR) is 213 cm³/mol. The van der Waals surface area contributed by atoms with Crippen LogP contribution in [0.3, 0.4) is 0 Å². The summed E-state index contributed by atoms with van der Waals surface area (Å²) in [6.45, 7) is 22.1. The number of allylic oxidation sites excluding steroid dienone is 1. The summed E-state index contributed by atoms with van der Waals surface area (Å²) in [5.74, 6) is -0.402. The summed E-state index contributed by atoms with van der Waals surface area (Å²) in [6.07, 6.45) is 5.94. The maximum absolute atomic E-state index is 2.71. The van der Waals surface area contributed by atoms with Gasteiger partial charge in [0.15, 0.2) is 0 Å². The van der Waals surface area contributed by atoms with Crippen LogP contribution in [0.1, 0.15) is 106 Å². The van der Waals surface area contributed by atoms with E-state index >= 15 is 0 Å². The number of hydrogen-bond acceptors (Lipinski definition) is 0. The minimum absolute atomic E-state index is 0.0835. The zero-order valence-electron chi connectivity index (χ0n) is 31.1. The van der Waals surface area contributed by atoms with Crippen LogP contribution in [0.5, 0.6) is 0 Å². The Labute approximate surface area is 308 Å². The molecule has 2 heteroatoms. The van der Waals surface area contributed by atoms with E-state index in [-0.39, 0.29) is 10.8 Å². The van der Waals surface area contributed by atoms with Crippen LogP contribution in [0.25, 0.3) is 39.5 Å². The predicted octanol–water partition coefficient (Wildman–Crippen LogP) is 12.2. The van der Waals surface area contributed by atoms with Crippen molar-refractivity contribution in [3.05, 3.63) is 142 Å². The molecule has 1 unspecified atom stereocenters. The summed E-state index contributed by atoms with van der Waals surface area (Å²) in [7, 11) is 0. The van der Waals surface area contributed by atoms with Gasteiger partial charge in [-0.3, -0.25) is 0 Å². The molecule has 0 N–H and O–H groups in total. The standard InChI is InChI=1S/C45H45.C2H7Si.Zr/c1-8-13-32-27-39-35(31-20-18-30(19-21-31)29-14-10-9-11-15-29)16-12-17-38(39)42(32)43-40-28-33-26-34(44(2,3)4)22-23-36(33)37(40)24-25-41(43)45(5,6)7;1-3-2;/h9-12,14-24,26-27,42H,8,13,28H2,1-7H3;3H,1-2H3;. The molecule has 248 valence electrons. The summed E-state index contributed by atoms with van der Waals surface area (Å²) in [5, 5.41) is 0. The molecule has 0 saturated carbocycles. The van der Waals surface area contributed by atoms with E-state index in [0.29, 0.717) is 5.92 Å². The quantitative estimate of drug-likeness (QED) is 0.143. The van der Waals surface area contributed by atoms with Crippen molar-refractivity contribution in [2.24, 2.45) is 0 Å². The van der Waals surface area contributed by atoms with E-state index in [1.165, 1.54) is 50.1 Å². The fourth-order valence-corrected chi connectivity index (χ4v) is 17.1. The first-order valence-electron chi connectivity index (χ1n) is 18.4. The average molecular weight is 736 g/mol. The van der Waals surface area contributed by atoms with E-state index in [1.54, 1.807) is 31.1 Å². The maximum atomic E-state index is 2.71. The van der Waals surface area contributed by atoms with Crippen molar-refractivity contribution < 1.29 is 22.4 Å². The molecule has 1 atom stereocenters. The topological polar surface area (TPSA) is 0 Å². The van der Waals surface area contributed by atoms with E-state index in [9.17, 15) is 0 Å². The van der Waals surface area contributed by atoms with Crippen molar-refractivity contribution in [2.75, 3.05) is 0 Å². The Balaban J connectivity index is 1.44. The van der Waals surface area contributed by atoms with Gasteiger partial charge in [0.25, 0.3) is 0 Å². The Morgan fingerprint density at radius 1 is 0.694 bits per heavy atom. The summed E-state index contributed by atoms with van der Waals surface area (Å²) < 4.78 is 1.77. The van der Waals surface area contributed by atoms with Gasteiger partial charge in [-0.15, -0.1) is 0 Å². The summed E-state index contributed by atoms with van der Waals surface area (Å²) in [6, 6.07) is 37.3. The SMILES string of the molecule is CCCC1=Cc2c(-c3ccc(-c4ccccc4)cc3)cccc2C1c1c2c(c[c]([Zr][SiH](C)C)c1C(C)(C)C)-c1ccc(C(C)(C)C)cc1C2. The molecule has 0 saturated heterocycles. The van der Waals surface area contributed by atoms with E-state index in [0.717, 1.165) is 19.3 Å². The van der Waals surface area contributed by atoms with Gasteiger partial charge in [0, 0.05) is 0 Å².